The predicted molar refractivity (Wildman–Crippen MR) is 45.2 cm³/mol. The minimum Gasteiger partial charge on any atom is -0.317 e. The van der Waals surface area contributed by atoms with Gasteiger partial charge in [-0.25, -0.2) is 0 Å². The fraction of sp³-hybridized carbons (Fsp3) is 0.875. The molecule has 0 aliphatic heterocycles. The first kappa shape index (κ1) is 12.3. The van der Waals surface area contributed by atoms with Gasteiger partial charge in [-0.2, -0.15) is 0 Å². The second-order valence-electron chi connectivity index (χ2n) is 2.18. The highest BCUT2D eigenvalue weighted by atomic mass is 16.1. The van der Waals surface area contributed by atoms with Crippen molar-refractivity contribution in [3.8, 4) is 0 Å². The van der Waals surface area contributed by atoms with Crippen LogP contribution in [0.1, 0.15) is 33.1 Å². The Labute approximate surface area is 64.0 Å². The highest BCUT2D eigenvalue weighted by Crippen LogP contribution is 1.98. The standard InChI is InChI=1S/C7H17N.CH2O/c1-4-6-7(5-2)8-3;1-2/h7-8H,4-6H2,1-3H3;1H2. The monoisotopic (exact) mass is 145 g/mol. The molecule has 62 valence electrons. The molecule has 0 aromatic rings. The molecule has 1 unspecified atom stereocenters. The first-order chi connectivity index (χ1) is 4.85. The third-order valence-corrected chi connectivity index (χ3v) is 1.54. The summed E-state index contributed by atoms with van der Waals surface area (Å²) in [7, 11) is 2.03. The van der Waals surface area contributed by atoms with Crippen LogP contribution in [0.15, 0.2) is 0 Å². The van der Waals surface area contributed by atoms with Gasteiger partial charge in [0.25, 0.3) is 0 Å². The van der Waals surface area contributed by atoms with Crippen molar-refractivity contribution < 1.29 is 4.79 Å². The van der Waals surface area contributed by atoms with Gasteiger partial charge in [-0.3, -0.25) is 0 Å². The van der Waals surface area contributed by atoms with E-state index in [0.29, 0.717) is 0 Å². The molecule has 1 atom stereocenters. The molecule has 0 heterocycles. The van der Waals surface area contributed by atoms with Gasteiger partial charge in [-0.05, 0) is 19.9 Å². The van der Waals surface area contributed by atoms with E-state index < -0.39 is 0 Å². The van der Waals surface area contributed by atoms with Crippen molar-refractivity contribution in [3.05, 3.63) is 0 Å². The molecule has 0 spiro atoms. The summed E-state index contributed by atoms with van der Waals surface area (Å²) in [6, 6.07) is 0.750. The van der Waals surface area contributed by atoms with Crippen LogP contribution in [-0.2, 0) is 4.79 Å². The molecule has 0 bridgehead atoms. The fourth-order valence-electron chi connectivity index (χ4n) is 0.901. The van der Waals surface area contributed by atoms with Crippen LogP contribution in [0.3, 0.4) is 0 Å². The summed E-state index contributed by atoms with van der Waals surface area (Å²) in [4.78, 5) is 8.00. The summed E-state index contributed by atoms with van der Waals surface area (Å²) in [6.45, 7) is 6.44. The third-order valence-electron chi connectivity index (χ3n) is 1.54. The Bertz CT molecular complexity index is 53.2. The molecule has 0 amide bonds. The number of carbonyl (C=O) groups excluding carboxylic acids is 1. The van der Waals surface area contributed by atoms with Crippen LogP contribution in [0.4, 0.5) is 0 Å². The van der Waals surface area contributed by atoms with Crippen LogP contribution in [-0.4, -0.2) is 19.9 Å². The maximum Gasteiger partial charge on any atom is 0.106 e. The maximum atomic E-state index is 8.00. The molecule has 1 N–H and O–H groups in total. The Balaban J connectivity index is 0. The quantitative estimate of drug-likeness (QED) is 0.651. The van der Waals surface area contributed by atoms with Gasteiger partial charge in [0.15, 0.2) is 0 Å². The van der Waals surface area contributed by atoms with Crippen LogP contribution in [0.25, 0.3) is 0 Å². The van der Waals surface area contributed by atoms with E-state index in [1.165, 1.54) is 19.3 Å². The molecule has 0 aliphatic rings. The van der Waals surface area contributed by atoms with E-state index >= 15 is 0 Å². The van der Waals surface area contributed by atoms with Gasteiger partial charge in [-0.15, -0.1) is 0 Å². The number of rotatable bonds is 4. The van der Waals surface area contributed by atoms with Crippen LogP contribution in [0.5, 0.6) is 0 Å². The van der Waals surface area contributed by atoms with E-state index in [1.54, 1.807) is 0 Å². The van der Waals surface area contributed by atoms with Gasteiger partial charge >= 0.3 is 0 Å². The highest BCUT2D eigenvalue weighted by molar-refractivity contribution is 5.10. The summed E-state index contributed by atoms with van der Waals surface area (Å²) >= 11 is 0. The van der Waals surface area contributed by atoms with Crippen molar-refractivity contribution in [1.29, 1.82) is 0 Å². The van der Waals surface area contributed by atoms with Crippen molar-refractivity contribution >= 4 is 6.79 Å². The zero-order valence-electron chi connectivity index (χ0n) is 7.31. The molecule has 0 fully saturated rings. The van der Waals surface area contributed by atoms with E-state index in [-0.39, 0.29) is 0 Å². The lowest BCUT2D eigenvalue weighted by Crippen LogP contribution is -2.23. The largest absolute Gasteiger partial charge is 0.317 e. The second kappa shape index (κ2) is 11.4. The zero-order valence-corrected chi connectivity index (χ0v) is 7.31. The average Bonchev–Trinajstić information content (AvgIpc) is 2.04. The minimum absolute atomic E-state index is 0.750. The molecule has 0 saturated carbocycles. The van der Waals surface area contributed by atoms with Gasteiger partial charge in [0, 0.05) is 6.04 Å². The van der Waals surface area contributed by atoms with Gasteiger partial charge < -0.3 is 10.1 Å². The third kappa shape index (κ3) is 7.63. The predicted octanol–water partition coefficient (Wildman–Crippen LogP) is 1.60. The summed E-state index contributed by atoms with van der Waals surface area (Å²) in [6.07, 6.45) is 3.86. The van der Waals surface area contributed by atoms with Gasteiger partial charge in [0.05, 0.1) is 0 Å². The lowest BCUT2D eigenvalue weighted by Gasteiger charge is -2.10. The second-order valence-corrected chi connectivity index (χ2v) is 2.18. The smallest absolute Gasteiger partial charge is 0.106 e. The molecule has 0 saturated heterocycles. The molecule has 0 aliphatic carbocycles. The minimum atomic E-state index is 0.750. The summed E-state index contributed by atoms with van der Waals surface area (Å²) in [5, 5.41) is 3.25. The Morgan fingerprint density at radius 3 is 2.00 bits per heavy atom. The molecule has 2 nitrogen and oxygen atoms in total. The number of hydrogen-bond acceptors (Lipinski definition) is 2. The number of carbonyl (C=O) groups is 1. The highest BCUT2D eigenvalue weighted by Gasteiger charge is 1.97. The van der Waals surface area contributed by atoms with E-state index in [2.05, 4.69) is 19.2 Å². The number of hydrogen-bond donors (Lipinski definition) is 1. The van der Waals surface area contributed by atoms with Crippen LogP contribution < -0.4 is 5.32 Å². The normalized spacial score (nSPS) is 11.5. The Hall–Kier alpha value is -0.370. The van der Waals surface area contributed by atoms with Gasteiger partial charge in [0.1, 0.15) is 6.79 Å². The first-order valence-corrected chi connectivity index (χ1v) is 3.81. The van der Waals surface area contributed by atoms with Crippen molar-refractivity contribution in [1.82, 2.24) is 5.32 Å². The fourth-order valence-corrected chi connectivity index (χ4v) is 0.901. The molecular formula is C8H19NO. The number of nitrogens with one attached hydrogen (secondary N) is 1. The van der Waals surface area contributed by atoms with E-state index in [1.807, 2.05) is 13.8 Å². The lowest BCUT2D eigenvalue weighted by atomic mass is 10.1. The topological polar surface area (TPSA) is 29.1 Å². The average molecular weight is 145 g/mol. The van der Waals surface area contributed by atoms with Crippen LogP contribution >= 0.6 is 0 Å². The Kier molecular flexibility index (Phi) is 14.1. The van der Waals surface area contributed by atoms with Crippen molar-refractivity contribution in [2.24, 2.45) is 0 Å². The van der Waals surface area contributed by atoms with Crippen molar-refractivity contribution in [2.75, 3.05) is 7.05 Å². The van der Waals surface area contributed by atoms with Gasteiger partial charge in [-0.1, -0.05) is 20.3 Å². The molecule has 0 aromatic heterocycles. The Morgan fingerprint density at radius 1 is 1.40 bits per heavy atom. The van der Waals surface area contributed by atoms with E-state index in [4.69, 9.17) is 4.79 Å². The molecule has 10 heavy (non-hydrogen) atoms. The molecule has 0 aromatic carbocycles. The summed E-state index contributed by atoms with van der Waals surface area (Å²) < 4.78 is 0. The molecular weight excluding hydrogens is 126 g/mol. The van der Waals surface area contributed by atoms with Crippen LogP contribution in [0.2, 0.25) is 0 Å². The SMILES string of the molecule is C=O.CCCC(CC)NC. The molecule has 0 rings (SSSR count). The molecule has 2 heteroatoms. The van der Waals surface area contributed by atoms with Crippen LogP contribution in [0, 0.1) is 0 Å². The summed E-state index contributed by atoms with van der Waals surface area (Å²) in [5.41, 5.74) is 0. The Morgan fingerprint density at radius 2 is 1.90 bits per heavy atom. The zero-order chi connectivity index (χ0) is 8.41. The maximum absolute atomic E-state index is 8.00. The first-order valence-electron chi connectivity index (χ1n) is 3.81. The summed E-state index contributed by atoms with van der Waals surface area (Å²) in [5.74, 6) is 0. The van der Waals surface area contributed by atoms with Crippen molar-refractivity contribution in [2.45, 2.75) is 39.2 Å². The van der Waals surface area contributed by atoms with E-state index in [9.17, 15) is 0 Å². The van der Waals surface area contributed by atoms with E-state index in [0.717, 1.165) is 6.04 Å². The molecule has 0 radical (unpaired) electrons. The van der Waals surface area contributed by atoms with Gasteiger partial charge in [0.2, 0.25) is 0 Å². The van der Waals surface area contributed by atoms with Crippen molar-refractivity contribution in [3.63, 3.8) is 0 Å². The lowest BCUT2D eigenvalue weighted by molar-refractivity contribution is -0.0979.